The lowest BCUT2D eigenvalue weighted by Crippen LogP contribution is -2.52. The predicted octanol–water partition coefficient (Wildman–Crippen LogP) is 5.50. The van der Waals surface area contributed by atoms with E-state index in [-0.39, 0.29) is 21.7 Å². The van der Waals surface area contributed by atoms with E-state index < -0.39 is 15.1 Å². The van der Waals surface area contributed by atoms with Crippen molar-refractivity contribution in [2.75, 3.05) is 74.3 Å². The first-order valence-electron chi connectivity index (χ1n) is 16.6. The summed E-state index contributed by atoms with van der Waals surface area (Å²) in [6.07, 6.45) is 7.37. The van der Waals surface area contributed by atoms with Gasteiger partial charge in [0.15, 0.2) is 15.7 Å². The number of likely N-dealkylation sites (N-methyl/N-ethyl adjacent to an activating group) is 1. The normalized spacial score (nSPS) is 16.6. The number of para-hydroxylation sites is 1. The summed E-state index contributed by atoms with van der Waals surface area (Å²) in [5.74, 6) is 1.13. The molecule has 15 heteroatoms. The van der Waals surface area contributed by atoms with Crippen LogP contribution in [0.1, 0.15) is 26.7 Å². The van der Waals surface area contributed by atoms with Crippen LogP contribution in [-0.4, -0.2) is 103 Å². The van der Waals surface area contributed by atoms with Crippen LogP contribution in [0.25, 0.3) is 0 Å². The molecule has 0 amide bonds. The van der Waals surface area contributed by atoms with E-state index in [4.69, 9.17) is 16.3 Å². The van der Waals surface area contributed by atoms with Gasteiger partial charge < -0.3 is 30.5 Å². The molecular formula is C34H45ClN10O3S. The third-order valence-electron chi connectivity index (χ3n) is 9.22. The molecule has 0 radical (unpaired) electrons. The first-order valence-corrected chi connectivity index (χ1v) is 18.5. The van der Waals surface area contributed by atoms with Gasteiger partial charge in [-0.15, -0.1) is 0 Å². The zero-order valence-corrected chi connectivity index (χ0v) is 30.2. The molecule has 3 N–H and O–H groups in total. The number of halogens is 1. The number of methoxy groups -OCH3 is 1. The van der Waals surface area contributed by atoms with Gasteiger partial charge in [-0.1, -0.05) is 23.7 Å². The molecule has 0 saturated carbocycles. The fourth-order valence-electron chi connectivity index (χ4n) is 6.33. The molecule has 0 atom stereocenters. The summed E-state index contributed by atoms with van der Waals surface area (Å²) in [5, 5.41) is 14.0. The number of piperidine rings is 1. The van der Waals surface area contributed by atoms with Crippen LogP contribution < -0.4 is 25.6 Å². The molecule has 13 nitrogen and oxygen atoms in total. The molecule has 262 valence electrons. The topological polar surface area (TPSA) is 133 Å². The van der Waals surface area contributed by atoms with Crippen molar-refractivity contribution in [3.8, 4) is 5.75 Å². The second kappa shape index (κ2) is 14.8. The molecule has 0 aliphatic carbocycles. The van der Waals surface area contributed by atoms with Gasteiger partial charge in [0.1, 0.15) is 10.8 Å². The Labute approximate surface area is 293 Å². The summed E-state index contributed by atoms with van der Waals surface area (Å²) < 4.78 is 33.8. The molecule has 0 bridgehead atoms. The Morgan fingerprint density at radius 3 is 2.33 bits per heavy atom. The van der Waals surface area contributed by atoms with Crippen molar-refractivity contribution < 1.29 is 13.2 Å². The lowest BCUT2D eigenvalue weighted by Gasteiger charge is -2.43. The lowest BCUT2D eigenvalue weighted by molar-refractivity contribution is 0.0982. The van der Waals surface area contributed by atoms with E-state index in [1.165, 1.54) is 6.20 Å². The van der Waals surface area contributed by atoms with Crippen molar-refractivity contribution in [3.63, 3.8) is 0 Å². The zero-order chi connectivity index (χ0) is 34.7. The van der Waals surface area contributed by atoms with Gasteiger partial charge in [0.2, 0.25) is 5.95 Å². The number of hydrogen-bond acceptors (Lipinski definition) is 12. The molecule has 2 aromatic carbocycles. The van der Waals surface area contributed by atoms with Gasteiger partial charge in [-0.25, -0.2) is 13.4 Å². The van der Waals surface area contributed by atoms with E-state index in [1.54, 1.807) is 56.1 Å². The molecule has 2 saturated heterocycles. The number of ether oxygens (including phenoxy) is 1. The van der Waals surface area contributed by atoms with Crippen LogP contribution in [0.3, 0.4) is 0 Å². The number of anilines is 7. The summed E-state index contributed by atoms with van der Waals surface area (Å²) in [4.78, 5) is 16.7. The molecule has 0 unspecified atom stereocenters. The first-order chi connectivity index (χ1) is 23.5. The third kappa shape index (κ3) is 7.88. The minimum Gasteiger partial charge on any atom is -0.494 e. The highest BCUT2D eigenvalue weighted by atomic mass is 35.5. The first kappa shape index (κ1) is 34.7. The highest BCUT2D eigenvalue weighted by molar-refractivity contribution is 7.92. The number of piperazine rings is 1. The maximum atomic E-state index is 13.1. The maximum Gasteiger partial charge on any atom is 0.229 e. The summed E-state index contributed by atoms with van der Waals surface area (Å²) in [6, 6.07) is 11.3. The monoisotopic (exact) mass is 708 g/mol. The Hall–Kier alpha value is -4.11. The quantitative estimate of drug-likeness (QED) is 0.182. The van der Waals surface area contributed by atoms with E-state index in [0.29, 0.717) is 23.2 Å². The largest absolute Gasteiger partial charge is 0.494 e. The molecule has 4 heterocycles. The summed E-state index contributed by atoms with van der Waals surface area (Å²) in [6.45, 7) is 9.64. The van der Waals surface area contributed by atoms with Crippen LogP contribution in [0, 0.1) is 0 Å². The average Bonchev–Trinajstić information content (AvgIpc) is 3.51. The fourth-order valence-corrected chi connectivity index (χ4v) is 7.67. The molecule has 4 aromatic rings. The van der Waals surface area contributed by atoms with E-state index in [2.05, 4.69) is 52.8 Å². The highest BCUT2D eigenvalue weighted by Gasteiger charge is 2.29. The number of hydrogen-bond donors (Lipinski definition) is 3. The van der Waals surface area contributed by atoms with Gasteiger partial charge >= 0.3 is 0 Å². The van der Waals surface area contributed by atoms with Crippen LogP contribution in [-0.2, 0) is 16.9 Å². The molecule has 0 spiro atoms. The maximum absolute atomic E-state index is 13.1. The van der Waals surface area contributed by atoms with Crippen LogP contribution in [0.2, 0.25) is 5.02 Å². The number of rotatable bonds is 11. The van der Waals surface area contributed by atoms with E-state index in [1.807, 2.05) is 25.4 Å². The predicted molar refractivity (Wildman–Crippen MR) is 196 cm³/mol. The average molecular weight is 709 g/mol. The number of sulfone groups is 1. The van der Waals surface area contributed by atoms with Crippen molar-refractivity contribution in [3.05, 3.63) is 60.0 Å². The van der Waals surface area contributed by atoms with Crippen molar-refractivity contribution >= 4 is 61.6 Å². The van der Waals surface area contributed by atoms with Gasteiger partial charge in [-0.05, 0) is 51.9 Å². The van der Waals surface area contributed by atoms with Gasteiger partial charge in [0.05, 0.1) is 58.1 Å². The molecule has 49 heavy (non-hydrogen) atoms. The second-order valence-corrected chi connectivity index (χ2v) is 15.8. The standard InChI is InChI=1S/C34H45ClN10O3S/c1-23(2)49(46,47)32-9-7-6-8-27(32)39-33-26(35)21-36-34(41-33)40-29-18-28(38-24-20-37-43(4)22-24)30(19-31(29)48-5)45-12-10-25(11-13-45)44-16-14-42(3)15-17-44/h6-9,18-23,25,38H,10-17H2,1-5H3,(H2,36,39,40,41). The molecule has 6 rings (SSSR count). The van der Waals surface area contributed by atoms with Crippen LogP contribution >= 0.6 is 11.6 Å². The van der Waals surface area contributed by atoms with Crippen molar-refractivity contribution in [1.29, 1.82) is 0 Å². The van der Waals surface area contributed by atoms with E-state index in [9.17, 15) is 8.42 Å². The van der Waals surface area contributed by atoms with Gasteiger partial charge in [0, 0.05) is 64.6 Å². The Balaban J connectivity index is 1.27. The zero-order valence-electron chi connectivity index (χ0n) is 28.6. The Morgan fingerprint density at radius 2 is 1.65 bits per heavy atom. The third-order valence-corrected chi connectivity index (χ3v) is 11.7. The number of benzene rings is 2. The Kier molecular flexibility index (Phi) is 10.5. The SMILES string of the molecule is COc1cc(N2CCC(N3CCN(C)CC3)CC2)c(Nc2cnn(C)c2)cc1Nc1ncc(Cl)c(Nc2ccccc2S(=O)(=O)C(C)C)n1. The number of aromatic nitrogens is 4. The number of nitrogens with zero attached hydrogens (tertiary/aromatic N) is 7. The minimum atomic E-state index is -3.56. The Morgan fingerprint density at radius 1 is 0.918 bits per heavy atom. The van der Waals surface area contributed by atoms with Gasteiger partial charge in [-0.3, -0.25) is 9.58 Å². The molecular weight excluding hydrogens is 664 g/mol. The van der Waals surface area contributed by atoms with Crippen LogP contribution in [0.5, 0.6) is 5.75 Å². The second-order valence-electron chi connectivity index (χ2n) is 12.9. The smallest absolute Gasteiger partial charge is 0.229 e. The summed E-state index contributed by atoms with van der Waals surface area (Å²) in [7, 11) is 2.15. The number of nitrogens with one attached hydrogen (secondary N) is 3. The van der Waals surface area contributed by atoms with Crippen molar-refractivity contribution in [2.24, 2.45) is 7.05 Å². The van der Waals surface area contributed by atoms with Crippen LogP contribution in [0.15, 0.2) is 59.9 Å². The van der Waals surface area contributed by atoms with Gasteiger partial charge in [-0.2, -0.15) is 10.1 Å². The Bertz CT molecular complexity index is 1870. The van der Waals surface area contributed by atoms with Crippen LogP contribution in [0.4, 0.5) is 40.2 Å². The summed E-state index contributed by atoms with van der Waals surface area (Å²) >= 11 is 6.51. The molecule has 2 aliphatic rings. The van der Waals surface area contributed by atoms with Gasteiger partial charge in [0.25, 0.3) is 0 Å². The summed E-state index contributed by atoms with van der Waals surface area (Å²) in [5.41, 5.74) is 3.79. The molecule has 2 fully saturated rings. The van der Waals surface area contributed by atoms with Crippen molar-refractivity contribution in [2.45, 2.75) is 42.9 Å². The fraction of sp³-hybridized carbons (Fsp3) is 0.441. The molecule has 2 aromatic heterocycles. The van der Waals surface area contributed by atoms with Crippen molar-refractivity contribution in [1.82, 2.24) is 29.5 Å². The van der Waals surface area contributed by atoms with E-state index in [0.717, 1.165) is 69.2 Å². The lowest BCUT2D eigenvalue weighted by atomic mass is 10.0. The minimum absolute atomic E-state index is 0.171. The number of aryl methyl sites for hydroxylation is 1. The van der Waals surface area contributed by atoms with E-state index >= 15 is 0 Å². The highest BCUT2D eigenvalue weighted by Crippen LogP contribution is 2.41. The molecule has 2 aliphatic heterocycles.